The molecule has 2 unspecified atom stereocenters. The summed E-state index contributed by atoms with van der Waals surface area (Å²) >= 11 is 5.69. The van der Waals surface area contributed by atoms with Gasteiger partial charge in [0.15, 0.2) is 0 Å². The van der Waals surface area contributed by atoms with Crippen LogP contribution >= 0.6 is 11.6 Å². The second kappa shape index (κ2) is 5.79. The SMILES string of the molecule is CCC(CCCl)NC1CCOC1. The van der Waals surface area contributed by atoms with Crippen LogP contribution in [0.4, 0.5) is 0 Å². The highest BCUT2D eigenvalue weighted by Crippen LogP contribution is 2.07. The van der Waals surface area contributed by atoms with Gasteiger partial charge in [-0.25, -0.2) is 0 Å². The quantitative estimate of drug-likeness (QED) is 0.669. The van der Waals surface area contributed by atoms with Crippen LogP contribution in [0.2, 0.25) is 0 Å². The van der Waals surface area contributed by atoms with Gasteiger partial charge < -0.3 is 10.1 Å². The van der Waals surface area contributed by atoms with Crippen molar-refractivity contribution in [3.05, 3.63) is 0 Å². The average Bonchev–Trinajstić information content (AvgIpc) is 2.56. The van der Waals surface area contributed by atoms with Crippen molar-refractivity contribution < 1.29 is 4.74 Å². The van der Waals surface area contributed by atoms with E-state index in [9.17, 15) is 0 Å². The van der Waals surface area contributed by atoms with Crippen molar-refractivity contribution in [1.29, 1.82) is 0 Å². The molecule has 0 bridgehead atoms. The van der Waals surface area contributed by atoms with E-state index in [2.05, 4.69) is 12.2 Å². The minimum absolute atomic E-state index is 0.568. The Morgan fingerprint density at radius 3 is 3.00 bits per heavy atom. The largest absolute Gasteiger partial charge is 0.380 e. The fourth-order valence-electron chi connectivity index (χ4n) is 1.54. The van der Waals surface area contributed by atoms with Crippen molar-refractivity contribution >= 4 is 11.6 Å². The third-order valence-corrected chi connectivity index (χ3v) is 2.57. The molecular weight excluding hydrogens is 174 g/mol. The molecule has 1 heterocycles. The molecule has 0 aromatic rings. The van der Waals surface area contributed by atoms with Gasteiger partial charge in [-0.05, 0) is 19.3 Å². The lowest BCUT2D eigenvalue weighted by molar-refractivity contribution is 0.187. The minimum atomic E-state index is 0.568. The van der Waals surface area contributed by atoms with E-state index in [1.807, 2.05) is 0 Å². The lowest BCUT2D eigenvalue weighted by Gasteiger charge is -2.19. The number of alkyl halides is 1. The highest BCUT2D eigenvalue weighted by molar-refractivity contribution is 6.17. The van der Waals surface area contributed by atoms with E-state index in [4.69, 9.17) is 16.3 Å². The lowest BCUT2D eigenvalue weighted by atomic mass is 10.1. The van der Waals surface area contributed by atoms with Gasteiger partial charge >= 0.3 is 0 Å². The van der Waals surface area contributed by atoms with Crippen LogP contribution in [-0.2, 0) is 4.74 Å². The maximum Gasteiger partial charge on any atom is 0.0620 e. The van der Waals surface area contributed by atoms with Gasteiger partial charge in [0.05, 0.1) is 6.61 Å². The van der Waals surface area contributed by atoms with E-state index in [-0.39, 0.29) is 0 Å². The molecule has 1 aliphatic rings. The monoisotopic (exact) mass is 191 g/mol. The highest BCUT2D eigenvalue weighted by Gasteiger charge is 2.17. The molecule has 0 spiro atoms. The van der Waals surface area contributed by atoms with Gasteiger partial charge in [-0.1, -0.05) is 6.92 Å². The van der Waals surface area contributed by atoms with Crippen molar-refractivity contribution in [2.24, 2.45) is 0 Å². The van der Waals surface area contributed by atoms with Crippen LogP contribution in [-0.4, -0.2) is 31.2 Å². The average molecular weight is 192 g/mol. The molecule has 1 N–H and O–H groups in total. The molecule has 0 amide bonds. The Morgan fingerprint density at radius 1 is 1.67 bits per heavy atom. The number of halogens is 1. The van der Waals surface area contributed by atoms with E-state index in [1.165, 1.54) is 0 Å². The summed E-state index contributed by atoms with van der Waals surface area (Å²) in [5.74, 6) is 0.749. The Balaban J connectivity index is 2.16. The second-order valence-electron chi connectivity index (χ2n) is 3.31. The number of nitrogens with one attached hydrogen (secondary N) is 1. The predicted octanol–water partition coefficient (Wildman–Crippen LogP) is 1.77. The highest BCUT2D eigenvalue weighted by atomic mass is 35.5. The fraction of sp³-hybridized carbons (Fsp3) is 1.00. The zero-order valence-corrected chi connectivity index (χ0v) is 8.44. The first-order valence-corrected chi connectivity index (χ1v) is 5.30. The predicted molar refractivity (Wildman–Crippen MR) is 51.8 cm³/mol. The van der Waals surface area contributed by atoms with Gasteiger partial charge in [0.25, 0.3) is 0 Å². The first-order chi connectivity index (χ1) is 5.86. The van der Waals surface area contributed by atoms with Crippen molar-refractivity contribution in [1.82, 2.24) is 5.32 Å². The molecule has 0 aromatic carbocycles. The van der Waals surface area contributed by atoms with Crippen molar-refractivity contribution in [3.63, 3.8) is 0 Å². The maximum absolute atomic E-state index is 5.69. The lowest BCUT2D eigenvalue weighted by Crippen LogP contribution is -2.38. The first kappa shape index (κ1) is 10.3. The molecule has 2 nitrogen and oxygen atoms in total. The van der Waals surface area contributed by atoms with Crippen LogP contribution in [0.3, 0.4) is 0 Å². The zero-order valence-electron chi connectivity index (χ0n) is 7.68. The number of ether oxygens (including phenoxy) is 1. The van der Waals surface area contributed by atoms with Gasteiger partial charge in [0, 0.05) is 24.6 Å². The Hall–Kier alpha value is 0.210. The molecule has 1 fully saturated rings. The van der Waals surface area contributed by atoms with Crippen LogP contribution < -0.4 is 5.32 Å². The van der Waals surface area contributed by atoms with Gasteiger partial charge in [-0.2, -0.15) is 0 Å². The molecule has 0 saturated carbocycles. The smallest absolute Gasteiger partial charge is 0.0620 e. The molecule has 2 atom stereocenters. The standard InChI is InChI=1S/C9H18ClNO/c1-2-8(3-5-10)11-9-4-6-12-7-9/h8-9,11H,2-7H2,1H3. The van der Waals surface area contributed by atoms with Gasteiger partial charge in [0.2, 0.25) is 0 Å². The molecule has 1 rings (SSSR count). The molecule has 1 saturated heterocycles. The molecule has 0 radical (unpaired) electrons. The molecule has 0 aromatic heterocycles. The van der Waals surface area contributed by atoms with Crippen LogP contribution in [0.15, 0.2) is 0 Å². The molecule has 72 valence electrons. The summed E-state index contributed by atoms with van der Waals surface area (Å²) in [7, 11) is 0. The summed E-state index contributed by atoms with van der Waals surface area (Å²) in [6, 6.07) is 1.15. The van der Waals surface area contributed by atoms with Crippen molar-refractivity contribution in [3.8, 4) is 0 Å². The van der Waals surface area contributed by atoms with Crippen LogP contribution in [0.25, 0.3) is 0 Å². The third kappa shape index (κ3) is 3.30. The number of rotatable bonds is 5. The maximum atomic E-state index is 5.69. The van der Waals surface area contributed by atoms with Crippen molar-refractivity contribution in [2.75, 3.05) is 19.1 Å². The Morgan fingerprint density at radius 2 is 2.50 bits per heavy atom. The summed E-state index contributed by atoms with van der Waals surface area (Å²) in [6.45, 7) is 3.98. The summed E-state index contributed by atoms with van der Waals surface area (Å²) < 4.78 is 5.29. The van der Waals surface area contributed by atoms with Crippen molar-refractivity contribution in [2.45, 2.75) is 38.3 Å². The number of hydrogen-bond acceptors (Lipinski definition) is 2. The third-order valence-electron chi connectivity index (χ3n) is 2.35. The Bertz CT molecular complexity index is 115. The summed E-state index contributed by atoms with van der Waals surface area (Å²) in [5.41, 5.74) is 0. The minimum Gasteiger partial charge on any atom is -0.380 e. The first-order valence-electron chi connectivity index (χ1n) is 4.76. The fourth-order valence-corrected chi connectivity index (χ4v) is 1.80. The van der Waals surface area contributed by atoms with E-state index in [0.717, 1.165) is 38.4 Å². The van der Waals surface area contributed by atoms with Crippen LogP contribution in [0.5, 0.6) is 0 Å². The Labute approximate surface area is 79.6 Å². The summed E-state index contributed by atoms with van der Waals surface area (Å²) in [5, 5.41) is 3.56. The molecule has 3 heteroatoms. The summed E-state index contributed by atoms with van der Waals surface area (Å²) in [4.78, 5) is 0. The number of hydrogen-bond donors (Lipinski definition) is 1. The van der Waals surface area contributed by atoms with Gasteiger partial charge in [-0.3, -0.25) is 0 Å². The van der Waals surface area contributed by atoms with E-state index in [0.29, 0.717) is 12.1 Å². The molecule has 1 aliphatic heterocycles. The topological polar surface area (TPSA) is 21.3 Å². The van der Waals surface area contributed by atoms with E-state index < -0.39 is 0 Å². The second-order valence-corrected chi connectivity index (χ2v) is 3.69. The van der Waals surface area contributed by atoms with Crippen LogP contribution in [0.1, 0.15) is 26.2 Å². The molecule has 12 heavy (non-hydrogen) atoms. The van der Waals surface area contributed by atoms with Gasteiger partial charge in [-0.15, -0.1) is 11.6 Å². The van der Waals surface area contributed by atoms with Gasteiger partial charge in [0.1, 0.15) is 0 Å². The molecular formula is C9H18ClNO. The van der Waals surface area contributed by atoms with E-state index in [1.54, 1.807) is 0 Å². The Kier molecular flexibility index (Phi) is 4.96. The van der Waals surface area contributed by atoms with Crippen LogP contribution in [0, 0.1) is 0 Å². The normalized spacial score (nSPS) is 26.0. The molecule has 0 aliphatic carbocycles. The van der Waals surface area contributed by atoms with E-state index >= 15 is 0 Å². The summed E-state index contributed by atoms with van der Waals surface area (Å²) in [6.07, 6.45) is 3.37. The zero-order chi connectivity index (χ0) is 8.81.